The number of amides is 1. The average molecular weight is 454 g/mol. The quantitative estimate of drug-likeness (QED) is 0.547. The third-order valence-electron chi connectivity index (χ3n) is 4.76. The van der Waals surface area contributed by atoms with Crippen molar-refractivity contribution in [2.45, 2.75) is 6.10 Å². The van der Waals surface area contributed by atoms with Crippen LogP contribution in [0.4, 0.5) is 5.69 Å². The predicted octanol–water partition coefficient (Wildman–Crippen LogP) is 4.66. The van der Waals surface area contributed by atoms with Crippen LogP contribution in [-0.2, 0) is 9.53 Å². The number of ether oxygens (including phenoxy) is 4. The Labute approximate surface area is 189 Å². The molecule has 8 heteroatoms. The molecule has 0 aromatic heterocycles. The molecule has 1 aliphatic heterocycles. The Morgan fingerprint density at radius 1 is 0.969 bits per heavy atom. The first-order chi connectivity index (χ1) is 15.5. The normalized spacial score (nSPS) is 13.1. The van der Waals surface area contributed by atoms with Gasteiger partial charge in [0.25, 0.3) is 5.91 Å². The second kappa shape index (κ2) is 9.62. The highest BCUT2D eigenvalue weighted by Crippen LogP contribution is 2.32. The molecule has 164 valence electrons. The second-order valence-electron chi connectivity index (χ2n) is 6.89. The fourth-order valence-corrected chi connectivity index (χ4v) is 3.46. The van der Waals surface area contributed by atoms with E-state index in [-0.39, 0.29) is 5.56 Å². The van der Waals surface area contributed by atoms with Crippen LogP contribution in [0.2, 0.25) is 5.02 Å². The largest absolute Gasteiger partial charge is 0.495 e. The number of carbonyl (C=O) groups excluding carboxylic acids is 2. The summed E-state index contributed by atoms with van der Waals surface area (Å²) >= 11 is 6.15. The fourth-order valence-electron chi connectivity index (χ4n) is 3.20. The molecular formula is C24H20ClNO6. The summed E-state index contributed by atoms with van der Waals surface area (Å²) in [5.41, 5.74) is 1.21. The van der Waals surface area contributed by atoms with Crippen LogP contribution < -0.4 is 19.5 Å². The van der Waals surface area contributed by atoms with Crippen molar-refractivity contribution in [2.75, 3.05) is 25.6 Å². The molecule has 1 amide bonds. The van der Waals surface area contributed by atoms with Gasteiger partial charge in [-0.25, -0.2) is 4.79 Å². The van der Waals surface area contributed by atoms with Crippen molar-refractivity contribution >= 4 is 29.2 Å². The molecule has 0 bridgehead atoms. The van der Waals surface area contributed by atoms with Crippen LogP contribution in [0, 0.1) is 0 Å². The van der Waals surface area contributed by atoms with Gasteiger partial charge in [0.1, 0.15) is 19.0 Å². The third-order valence-corrected chi connectivity index (χ3v) is 5.06. The van der Waals surface area contributed by atoms with Gasteiger partial charge < -0.3 is 24.3 Å². The number of nitrogens with one attached hydrogen (secondary N) is 1. The molecule has 1 N–H and O–H groups in total. The number of fused-ring (bicyclic) bond motifs is 1. The number of carbonyl (C=O) groups is 2. The summed E-state index contributed by atoms with van der Waals surface area (Å²) in [5, 5.41) is 3.08. The van der Waals surface area contributed by atoms with E-state index in [0.717, 1.165) is 0 Å². The van der Waals surface area contributed by atoms with Crippen LogP contribution in [0.1, 0.15) is 22.0 Å². The Hall–Kier alpha value is -3.71. The molecule has 7 nitrogen and oxygen atoms in total. The monoisotopic (exact) mass is 453 g/mol. The molecule has 0 saturated carbocycles. The summed E-state index contributed by atoms with van der Waals surface area (Å²) in [7, 11) is 1.50. The number of rotatable bonds is 6. The molecule has 0 fully saturated rings. The number of anilines is 1. The van der Waals surface area contributed by atoms with E-state index in [2.05, 4.69) is 5.32 Å². The Morgan fingerprint density at radius 2 is 1.72 bits per heavy atom. The number of methoxy groups -OCH3 is 1. The van der Waals surface area contributed by atoms with E-state index in [1.54, 1.807) is 60.7 Å². The molecule has 1 heterocycles. The lowest BCUT2D eigenvalue weighted by Crippen LogP contribution is -2.26. The maximum atomic E-state index is 13.1. The van der Waals surface area contributed by atoms with E-state index in [1.165, 1.54) is 7.11 Å². The summed E-state index contributed by atoms with van der Waals surface area (Å²) < 4.78 is 21.8. The molecule has 1 aliphatic rings. The first kappa shape index (κ1) is 21.5. The van der Waals surface area contributed by atoms with Crippen LogP contribution >= 0.6 is 11.6 Å². The van der Waals surface area contributed by atoms with E-state index in [1.807, 2.05) is 6.07 Å². The number of halogens is 1. The van der Waals surface area contributed by atoms with Crippen molar-refractivity contribution < 1.29 is 28.5 Å². The van der Waals surface area contributed by atoms with Crippen LogP contribution in [-0.4, -0.2) is 32.2 Å². The zero-order valence-corrected chi connectivity index (χ0v) is 17.9. The van der Waals surface area contributed by atoms with Gasteiger partial charge in [-0.15, -0.1) is 0 Å². The maximum absolute atomic E-state index is 13.1. The number of hydrogen-bond donors (Lipinski definition) is 1. The molecule has 3 aromatic carbocycles. The van der Waals surface area contributed by atoms with Crippen LogP contribution in [0.3, 0.4) is 0 Å². The van der Waals surface area contributed by atoms with Gasteiger partial charge in [0, 0.05) is 11.3 Å². The summed E-state index contributed by atoms with van der Waals surface area (Å²) in [6.45, 7) is 0.841. The van der Waals surface area contributed by atoms with Crippen molar-refractivity contribution in [1.29, 1.82) is 0 Å². The number of esters is 1. The van der Waals surface area contributed by atoms with Gasteiger partial charge in [0.15, 0.2) is 11.5 Å². The first-order valence-corrected chi connectivity index (χ1v) is 10.2. The maximum Gasteiger partial charge on any atom is 0.339 e. The lowest BCUT2D eigenvalue weighted by atomic mass is 10.1. The zero-order valence-electron chi connectivity index (χ0n) is 17.2. The Morgan fingerprint density at radius 3 is 2.44 bits per heavy atom. The minimum atomic E-state index is -1.18. The number of benzene rings is 3. The lowest BCUT2D eigenvalue weighted by Gasteiger charge is -2.20. The average Bonchev–Trinajstić information content (AvgIpc) is 2.82. The first-order valence-electron chi connectivity index (χ1n) is 9.85. The van der Waals surface area contributed by atoms with Gasteiger partial charge in [0.05, 0.1) is 17.7 Å². The summed E-state index contributed by atoms with van der Waals surface area (Å²) in [6.07, 6.45) is -1.18. The molecule has 0 spiro atoms. The van der Waals surface area contributed by atoms with E-state index in [9.17, 15) is 9.59 Å². The molecule has 0 aliphatic carbocycles. The fraction of sp³-hybridized carbons (Fsp3) is 0.167. The molecule has 3 aromatic rings. The zero-order chi connectivity index (χ0) is 22.5. The van der Waals surface area contributed by atoms with Gasteiger partial charge in [-0.3, -0.25) is 4.79 Å². The smallest absolute Gasteiger partial charge is 0.339 e. The van der Waals surface area contributed by atoms with Crippen molar-refractivity contribution in [3.63, 3.8) is 0 Å². The second-order valence-corrected chi connectivity index (χ2v) is 7.30. The Bertz CT molecular complexity index is 1130. The molecular weight excluding hydrogens is 434 g/mol. The van der Waals surface area contributed by atoms with Crippen molar-refractivity contribution in [2.24, 2.45) is 0 Å². The van der Waals surface area contributed by atoms with Crippen molar-refractivity contribution in [3.8, 4) is 17.2 Å². The number of hydrogen-bond acceptors (Lipinski definition) is 6. The van der Waals surface area contributed by atoms with Gasteiger partial charge in [-0.05, 0) is 36.4 Å². The molecule has 0 saturated heterocycles. The molecule has 1 unspecified atom stereocenters. The Balaban J connectivity index is 1.56. The summed E-state index contributed by atoms with van der Waals surface area (Å²) in [6, 6.07) is 18.3. The standard InChI is InChI=1S/C24H20ClNO6/c1-29-19-10-8-17(14-18(19)25)26-23(27)22(15-5-3-2-4-6-15)32-24(28)16-7-9-20-21(13-16)31-12-11-30-20/h2-10,13-14,22H,11-12H2,1H3,(H,26,27). The highest BCUT2D eigenvalue weighted by atomic mass is 35.5. The van der Waals surface area contributed by atoms with Gasteiger partial charge in [-0.1, -0.05) is 41.9 Å². The third kappa shape index (κ3) is 4.78. The summed E-state index contributed by atoms with van der Waals surface area (Å²) in [5.74, 6) is 0.303. The van der Waals surface area contributed by atoms with Crippen LogP contribution in [0.15, 0.2) is 66.7 Å². The lowest BCUT2D eigenvalue weighted by molar-refractivity contribution is -0.125. The molecule has 4 rings (SSSR count). The Kier molecular flexibility index (Phi) is 6.47. The summed E-state index contributed by atoms with van der Waals surface area (Å²) in [4.78, 5) is 25.9. The highest BCUT2D eigenvalue weighted by molar-refractivity contribution is 6.32. The van der Waals surface area contributed by atoms with E-state index < -0.39 is 18.0 Å². The van der Waals surface area contributed by atoms with Crippen LogP contribution in [0.25, 0.3) is 0 Å². The highest BCUT2D eigenvalue weighted by Gasteiger charge is 2.27. The van der Waals surface area contributed by atoms with E-state index in [4.69, 9.17) is 30.5 Å². The van der Waals surface area contributed by atoms with Gasteiger partial charge in [0.2, 0.25) is 6.10 Å². The van der Waals surface area contributed by atoms with E-state index in [0.29, 0.717) is 46.7 Å². The van der Waals surface area contributed by atoms with E-state index >= 15 is 0 Å². The van der Waals surface area contributed by atoms with Crippen molar-refractivity contribution in [1.82, 2.24) is 0 Å². The predicted molar refractivity (Wildman–Crippen MR) is 119 cm³/mol. The SMILES string of the molecule is COc1ccc(NC(=O)C(OC(=O)c2ccc3c(c2)OCCO3)c2ccccc2)cc1Cl. The van der Waals surface area contributed by atoms with Crippen molar-refractivity contribution in [3.05, 3.63) is 82.9 Å². The molecule has 32 heavy (non-hydrogen) atoms. The topological polar surface area (TPSA) is 83.1 Å². The minimum Gasteiger partial charge on any atom is -0.495 e. The van der Waals surface area contributed by atoms with Gasteiger partial charge in [-0.2, -0.15) is 0 Å². The van der Waals surface area contributed by atoms with Gasteiger partial charge >= 0.3 is 5.97 Å². The molecule has 0 radical (unpaired) electrons. The molecule has 1 atom stereocenters. The minimum absolute atomic E-state index is 0.246. The van der Waals surface area contributed by atoms with Crippen LogP contribution in [0.5, 0.6) is 17.2 Å².